The summed E-state index contributed by atoms with van der Waals surface area (Å²) < 4.78 is 2.07. The van der Waals surface area contributed by atoms with Gasteiger partial charge in [-0.2, -0.15) is 0 Å². The second-order valence-electron chi connectivity index (χ2n) is 8.24. The highest BCUT2D eigenvalue weighted by Gasteiger charge is 2.36. The van der Waals surface area contributed by atoms with Crippen LogP contribution in [0.2, 0.25) is 0 Å². The summed E-state index contributed by atoms with van der Waals surface area (Å²) in [6, 6.07) is 5.74. The van der Waals surface area contributed by atoms with Crippen LogP contribution in [0, 0.1) is 12.5 Å². The monoisotopic (exact) mass is 382 g/mol. The van der Waals surface area contributed by atoms with Gasteiger partial charge in [0.1, 0.15) is 0 Å². The molecule has 4 rings (SSSR count). The number of carbonyl (C=O) groups excluding carboxylic acids is 1. The van der Waals surface area contributed by atoms with Gasteiger partial charge in [0.15, 0.2) is 5.69 Å². The van der Waals surface area contributed by atoms with Gasteiger partial charge in [-0.1, -0.05) is 26.3 Å². The number of aliphatic hydroxyl groups is 1. The summed E-state index contributed by atoms with van der Waals surface area (Å²) in [4.78, 5) is 20.8. The lowest BCUT2D eigenvalue weighted by atomic mass is 9.85. The quantitative estimate of drug-likeness (QED) is 0.697. The van der Waals surface area contributed by atoms with Gasteiger partial charge in [0.2, 0.25) is 11.9 Å². The lowest BCUT2D eigenvalue weighted by molar-refractivity contribution is -0.122. The van der Waals surface area contributed by atoms with Crippen molar-refractivity contribution < 1.29 is 9.90 Å². The molecule has 1 aromatic carbocycles. The van der Waals surface area contributed by atoms with Crippen molar-refractivity contribution in [2.45, 2.75) is 77.4 Å². The zero-order valence-corrected chi connectivity index (χ0v) is 15.7. The van der Waals surface area contributed by atoms with Gasteiger partial charge in [-0.05, 0) is 57.1 Å². The first-order chi connectivity index (χ1) is 13.0. The molecule has 0 spiro atoms. The Balaban J connectivity index is 0.00000225. The number of nitrogens with one attached hydrogen (secondary N) is 1. The summed E-state index contributed by atoms with van der Waals surface area (Å²) in [5, 5.41) is 13.7. The third kappa shape index (κ3) is 3.77. The van der Waals surface area contributed by atoms with E-state index in [0.717, 1.165) is 56.0 Å². The molecule has 1 heterocycles. The van der Waals surface area contributed by atoms with E-state index < -0.39 is 5.60 Å². The number of benzene rings is 1. The van der Waals surface area contributed by atoms with Crippen LogP contribution < -0.4 is 5.32 Å². The number of fused-ring (bicyclic) bond motifs is 1. The van der Waals surface area contributed by atoms with E-state index in [2.05, 4.69) is 19.7 Å². The van der Waals surface area contributed by atoms with Crippen LogP contribution in [-0.4, -0.2) is 26.2 Å². The second-order valence-corrected chi connectivity index (χ2v) is 8.24. The predicted molar refractivity (Wildman–Crippen MR) is 111 cm³/mol. The first-order valence-corrected chi connectivity index (χ1v) is 9.89. The maximum absolute atomic E-state index is 12.7. The number of hydrogen-bond donors (Lipinski definition) is 2. The number of nitrogens with zero attached hydrogens (tertiary/aromatic N) is 3. The standard InChI is InChI=1S/C21H26N4O2.CH4/c1-21(27,14-6-3-4-7-14)13-19(26)24-20-23-17-11-10-15(22-2)12-18(17)25(20)16-8-5-9-16;/h10-12,14,16,27H,3-9,13H2,1H3,(H,23,24,26);1H4. The first-order valence-electron chi connectivity index (χ1n) is 9.89. The molecule has 6 nitrogen and oxygen atoms in total. The van der Waals surface area contributed by atoms with Crippen molar-refractivity contribution in [1.82, 2.24) is 9.55 Å². The van der Waals surface area contributed by atoms with E-state index in [1.165, 1.54) is 0 Å². The molecular formula is C22H30N4O2. The topological polar surface area (TPSA) is 71.5 Å². The van der Waals surface area contributed by atoms with Crippen LogP contribution in [0.15, 0.2) is 18.2 Å². The molecular weight excluding hydrogens is 352 g/mol. The minimum atomic E-state index is -0.981. The van der Waals surface area contributed by atoms with Crippen molar-refractivity contribution >= 4 is 28.6 Å². The van der Waals surface area contributed by atoms with Gasteiger partial charge in [0, 0.05) is 6.04 Å². The molecule has 28 heavy (non-hydrogen) atoms. The molecule has 2 N–H and O–H groups in total. The average Bonchev–Trinajstić information content (AvgIpc) is 3.22. The van der Waals surface area contributed by atoms with Crippen LogP contribution >= 0.6 is 0 Å². The van der Waals surface area contributed by atoms with Gasteiger partial charge in [0.25, 0.3) is 0 Å². The van der Waals surface area contributed by atoms with Crippen molar-refractivity contribution in [1.29, 1.82) is 0 Å². The Morgan fingerprint density at radius 3 is 2.64 bits per heavy atom. The van der Waals surface area contributed by atoms with Crippen molar-refractivity contribution in [3.63, 3.8) is 0 Å². The fraction of sp³-hybridized carbons (Fsp3) is 0.591. The Hall–Kier alpha value is -2.39. The van der Waals surface area contributed by atoms with E-state index >= 15 is 0 Å². The molecule has 1 atom stereocenters. The number of rotatable bonds is 5. The minimum absolute atomic E-state index is 0. The normalized spacial score (nSPS) is 19.5. The van der Waals surface area contributed by atoms with E-state index in [0.29, 0.717) is 17.7 Å². The Kier molecular flexibility index (Phi) is 5.76. The van der Waals surface area contributed by atoms with Gasteiger partial charge < -0.3 is 9.67 Å². The summed E-state index contributed by atoms with van der Waals surface area (Å²) in [6.07, 6.45) is 7.58. The highest BCUT2D eigenvalue weighted by molar-refractivity contribution is 5.92. The van der Waals surface area contributed by atoms with Gasteiger partial charge in [-0.15, -0.1) is 0 Å². The fourth-order valence-electron chi connectivity index (χ4n) is 4.44. The van der Waals surface area contributed by atoms with Gasteiger partial charge >= 0.3 is 0 Å². The van der Waals surface area contributed by atoms with E-state index in [4.69, 9.17) is 6.57 Å². The molecule has 0 saturated heterocycles. The summed E-state index contributed by atoms with van der Waals surface area (Å²) >= 11 is 0. The summed E-state index contributed by atoms with van der Waals surface area (Å²) in [5.74, 6) is 0.521. The third-order valence-electron chi connectivity index (χ3n) is 6.25. The van der Waals surface area contributed by atoms with Crippen LogP contribution in [0.1, 0.15) is 71.8 Å². The average molecular weight is 383 g/mol. The summed E-state index contributed by atoms with van der Waals surface area (Å²) in [5.41, 5.74) is 1.27. The lowest BCUT2D eigenvalue weighted by Gasteiger charge is -2.31. The van der Waals surface area contributed by atoms with Crippen molar-refractivity contribution in [3.8, 4) is 0 Å². The number of carbonyl (C=O) groups is 1. The summed E-state index contributed by atoms with van der Waals surface area (Å²) in [7, 11) is 0. The highest BCUT2D eigenvalue weighted by atomic mass is 16.3. The first kappa shape index (κ1) is 20.3. The molecule has 2 aliphatic rings. The molecule has 2 aromatic rings. The van der Waals surface area contributed by atoms with Crippen LogP contribution in [0.3, 0.4) is 0 Å². The van der Waals surface area contributed by atoms with Crippen LogP contribution in [0.4, 0.5) is 11.6 Å². The number of amides is 1. The number of imidazole rings is 1. The Morgan fingerprint density at radius 2 is 2.04 bits per heavy atom. The van der Waals surface area contributed by atoms with Crippen LogP contribution in [-0.2, 0) is 4.79 Å². The van der Waals surface area contributed by atoms with E-state index in [1.807, 2.05) is 12.1 Å². The molecule has 2 aliphatic carbocycles. The predicted octanol–water partition coefficient (Wildman–Crippen LogP) is 5.22. The Morgan fingerprint density at radius 1 is 1.32 bits per heavy atom. The molecule has 6 heteroatoms. The van der Waals surface area contributed by atoms with Crippen molar-refractivity contribution in [3.05, 3.63) is 29.6 Å². The molecule has 2 fully saturated rings. The molecule has 0 radical (unpaired) electrons. The van der Waals surface area contributed by atoms with Gasteiger partial charge in [-0.25, -0.2) is 9.83 Å². The molecule has 1 aromatic heterocycles. The maximum atomic E-state index is 12.7. The highest BCUT2D eigenvalue weighted by Crippen LogP contribution is 2.39. The third-order valence-corrected chi connectivity index (χ3v) is 6.25. The minimum Gasteiger partial charge on any atom is -0.389 e. The Bertz CT molecular complexity index is 899. The van der Waals surface area contributed by atoms with Crippen LogP contribution in [0.25, 0.3) is 15.9 Å². The van der Waals surface area contributed by atoms with Gasteiger partial charge in [0.05, 0.1) is 29.6 Å². The molecule has 150 valence electrons. The van der Waals surface area contributed by atoms with E-state index in [9.17, 15) is 9.90 Å². The fourth-order valence-corrected chi connectivity index (χ4v) is 4.44. The molecule has 1 amide bonds. The molecule has 2 saturated carbocycles. The zero-order valence-electron chi connectivity index (χ0n) is 15.7. The van der Waals surface area contributed by atoms with Crippen molar-refractivity contribution in [2.75, 3.05) is 5.32 Å². The van der Waals surface area contributed by atoms with E-state index in [-0.39, 0.29) is 25.7 Å². The van der Waals surface area contributed by atoms with E-state index in [1.54, 1.807) is 13.0 Å². The number of hydrogen-bond acceptors (Lipinski definition) is 3. The molecule has 0 bridgehead atoms. The van der Waals surface area contributed by atoms with Gasteiger partial charge in [-0.3, -0.25) is 10.1 Å². The number of anilines is 1. The Labute approximate surface area is 166 Å². The smallest absolute Gasteiger partial charge is 0.229 e. The largest absolute Gasteiger partial charge is 0.389 e. The SMILES string of the molecule is C.[C-]#[N+]c1ccc2nc(NC(=O)CC(C)(O)C3CCCC3)n(C3CCC3)c2c1. The maximum Gasteiger partial charge on any atom is 0.229 e. The van der Waals surface area contributed by atoms with Crippen LogP contribution in [0.5, 0.6) is 0 Å². The van der Waals surface area contributed by atoms with Crippen molar-refractivity contribution in [2.24, 2.45) is 5.92 Å². The second kappa shape index (κ2) is 7.92. The lowest BCUT2D eigenvalue weighted by Crippen LogP contribution is -2.37. The zero-order chi connectivity index (χ0) is 19.0. The summed E-state index contributed by atoms with van der Waals surface area (Å²) in [6.45, 7) is 9.03. The molecule has 0 aliphatic heterocycles. The number of aromatic nitrogens is 2. The molecule has 1 unspecified atom stereocenters.